The van der Waals surface area contributed by atoms with E-state index in [1.54, 1.807) is 12.1 Å². The maximum Gasteiger partial charge on any atom is 0.115 e. The molecule has 1 aliphatic heterocycles. The summed E-state index contributed by atoms with van der Waals surface area (Å²) < 4.78 is 0. The van der Waals surface area contributed by atoms with Gasteiger partial charge in [-0.2, -0.15) is 0 Å². The molecule has 2 N–H and O–H groups in total. The summed E-state index contributed by atoms with van der Waals surface area (Å²) in [5.41, 5.74) is 2.60. The van der Waals surface area contributed by atoms with Crippen LogP contribution in [-0.4, -0.2) is 18.2 Å². The van der Waals surface area contributed by atoms with Gasteiger partial charge in [0.25, 0.3) is 0 Å². The van der Waals surface area contributed by atoms with E-state index in [0.717, 1.165) is 25.1 Å². The van der Waals surface area contributed by atoms with Gasteiger partial charge >= 0.3 is 0 Å². The smallest absolute Gasteiger partial charge is 0.115 e. The van der Waals surface area contributed by atoms with Crippen molar-refractivity contribution in [2.24, 2.45) is 0 Å². The van der Waals surface area contributed by atoms with E-state index in [2.05, 4.69) is 11.4 Å². The van der Waals surface area contributed by atoms with Crippen LogP contribution in [0, 0.1) is 0 Å². The van der Waals surface area contributed by atoms with E-state index < -0.39 is 0 Å². The molecule has 2 rings (SSSR count). The van der Waals surface area contributed by atoms with E-state index in [4.69, 9.17) is 5.11 Å². The van der Waals surface area contributed by atoms with Crippen LogP contribution in [0.1, 0.15) is 12.0 Å². The zero-order valence-electron chi connectivity index (χ0n) is 7.46. The highest BCUT2D eigenvalue weighted by Crippen LogP contribution is 2.15. The zero-order valence-corrected chi connectivity index (χ0v) is 7.46. The molecule has 0 atom stereocenters. The molecule has 0 spiro atoms. The first-order chi connectivity index (χ1) is 6.34. The third-order valence-electron chi connectivity index (χ3n) is 2.24. The van der Waals surface area contributed by atoms with Gasteiger partial charge in [0, 0.05) is 6.54 Å². The predicted molar refractivity (Wildman–Crippen MR) is 53.6 cm³/mol. The molecule has 0 unspecified atom stereocenters. The van der Waals surface area contributed by atoms with Crippen molar-refractivity contribution in [3.63, 3.8) is 0 Å². The van der Waals surface area contributed by atoms with E-state index >= 15 is 0 Å². The Morgan fingerprint density at radius 1 is 1.23 bits per heavy atom. The molecule has 2 heteroatoms. The minimum atomic E-state index is 0.326. The summed E-state index contributed by atoms with van der Waals surface area (Å²) in [5, 5.41) is 12.4. The molecule has 0 radical (unpaired) electrons. The number of phenols is 1. The second-order valence-electron chi connectivity index (χ2n) is 3.32. The van der Waals surface area contributed by atoms with Crippen molar-refractivity contribution in [2.45, 2.75) is 6.42 Å². The summed E-state index contributed by atoms with van der Waals surface area (Å²) in [5.74, 6) is 0.326. The Labute approximate surface area is 77.9 Å². The number of rotatable bonds is 1. The molecule has 0 aromatic heterocycles. The zero-order chi connectivity index (χ0) is 9.10. The molecule has 1 aliphatic rings. The summed E-state index contributed by atoms with van der Waals surface area (Å²) in [6.45, 7) is 2.09. The molecule has 1 heterocycles. The van der Waals surface area contributed by atoms with Crippen molar-refractivity contribution in [2.75, 3.05) is 13.1 Å². The van der Waals surface area contributed by atoms with Crippen molar-refractivity contribution in [3.05, 3.63) is 35.4 Å². The number of phenolic OH excluding ortho intramolecular Hbond substituents is 1. The molecule has 68 valence electrons. The second kappa shape index (κ2) is 3.62. The van der Waals surface area contributed by atoms with Gasteiger partial charge in [0.05, 0.1) is 0 Å². The van der Waals surface area contributed by atoms with E-state index in [9.17, 15) is 0 Å². The lowest BCUT2D eigenvalue weighted by molar-refractivity contribution is 0.475. The Hall–Kier alpha value is -1.28. The Kier molecular flexibility index (Phi) is 2.32. The molecule has 2 nitrogen and oxygen atoms in total. The lowest BCUT2D eigenvalue weighted by atomic mass is 10.1. The first-order valence-electron chi connectivity index (χ1n) is 4.54. The average molecular weight is 175 g/mol. The Morgan fingerprint density at radius 3 is 2.62 bits per heavy atom. The van der Waals surface area contributed by atoms with Crippen LogP contribution in [-0.2, 0) is 0 Å². The Bertz CT molecular complexity index is 305. The van der Waals surface area contributed by atoms with Crippen LogP contribution in [0.15, 0.2) is 29.8 Å². The van der Waals surface area contributed by atoms with E-state index in [1.165, 1.54) is 5.57 Å². The van der Waals surface area contributed by atoms with Gasteiger partial charge in [0.15, 0.2) is 0 Å². The lowest BCUT2D eigenvalue weighted by Crippen LogP contribution is -2.04. The third-order valence-corrected chi connectivity index (χ3v) is 2.24. The van der Waals surface area contributed by atoms with Crippen LogP contribution in [0.4, 0.5) is 0 Å². The minimum Gasteiger partial charge on any atom is -0.508 e. The highest BCUT2D eigenvalue weighted by molar-refractivity contribution is 5.54. The molecule has 13 heavy (non-hydrogen) atoms. The van der Waals surface area contributed by atoms with Crippen molar-refractivity contribution in [1.82, 2.24) is 5.32 Å². The van der Waals surface area contributed by atoms with Gasteiger partial charge in [-0.15, -0.1) is 0 Å². The third kappa shape index (κ3) is 2.10. The van der Waals surface area contributed by atoms with Gasteiger partial charge < -0.3 is 10.4 Å². The molecule has 0 amide bonds. The quantitative estimate of drug-likeness (QED) is 0.681. The van der Waals surface area contributed by atoms with Crippen LogP contribution in [0.2, 0.25) is 0 Å². The lowest BCUT2D eigenvalue weighted by Gasteiger charge is -1.96. The molecule has 0 aliphatic carbocycles. The normalized spacial score (nSPS) is 19.5. The van der Waals surface area contributed by atoms with Gasteiger partial charge in [-0.25, -0.2) is 0 Å². The molecule has 1 saturated heterocycles. The van der Waals surface area contributed by atoms with Gasteiger partial charge in [0.1, 0.15) is 5.75 Å². The Balaban J connectivity index is 2.17. The van der Waals surface area contributed by atoms with Gasteiger partial charge in [-0.1, -0.05) is 23.8 Å². The molecule has 0 bridgehead atoms. The fourth-order valence-corrected chi connectivity index (χ4v) is 1.52. The molecule has 1 aromatic carbocycles. The van der Waals surface area contributed by atoms with Crippen LogP contribution in [0.3, 0.4) is 0 Å². The predicted octanol–water partition coefficient (Wildman–Crippen LogP) is 1.77. The fraction of sp³-hybridized carbons (Fsp3) is 0.273. The maximum atomic E-state index is 9.08. The number of hydrogen-bond donors (Lipinski definition) is 2. The van der Waals surface area contributed by atoms with Crippen molar-refractivity contribution < 1.29 is 5.11 Å². The maximum absolute atomic E-state index is 9.08. The number of aromatic hydroxyl groups is 1. The number of hydrogen-bond acceptors (Lipinski definition) is 2. The molecule has 1 fully saturated rings. The van der Waals surface area contributed by atoms with E-state index in [-0.39, 0.29) is 0 Å². The van der Waals surface area contributed by atoms with Gasteiger partial charge in [-0.05, 0) is 30.7 Å². The summed E-state index contributed by atoms with van der Waals surface area (Å²) >= 11 is 0. The number of benzene rings is 1. The van der Waals surface area contributed by atoms with Crippen molar-refractivity contribution in [3.8, 4) is 5.75 Å². The summed E-state index contributed by atoms with van der Waals surface area (Å²) in [6.07, 6.45) is 3.32. The van der Waals surface area contributed by atoms with Crippen molar-refractivity contribution >= 4 is 6.08 Å². The highest BCUT2D eigenvalue weighted by Gasteiger charge is 2.04. The highest BCUT2D eigenvalue weighted by atomic mass is 16.3. The summed E-state index contributed by atoms with van der Waals surface area (Å²) in [4.78, 5) is 0. The summed E-state index contributed by atoms with van der Waals surface area (Å²) in [6, 6.07) is 7.30. The standard InChI is InChI=1S/C11H13NO/c13-11-3-1-9(2-4-11)7-10-5-6-12-8-10/h1-4,7,12-13H,5-6,8H2/b10-7-. The van der Waals surface area contributed by atoms with Gasteiger partial charge in [-0.3, -0.25) is 0 Å². The first kappa shape index (κ1) is 8.32. The monoisotopic (exact) mass is 175 g/mol. The summed E-state index contributed by atoms with van der Waals surface area (Å²) in [7, 11) is 0. The first-order valence-corrected chi connectivity index (χ1v) is 4.54. The van der Waals surface area contributed by atoms with Crippen LogP contribution in [0.5, 0.6) is 5.75 Å². The number of nitrogens with one attached hydrogen (secondary N) is 1. The van der Waals surface area contributed by atoms with Gasteiger partial charge in [0.2, 0.25) is 0 Å². The van der Waals surface area contributed by atoms with E-state index in [0.29, 0.717) is 5.75 Å². The van der Waals surface area contributed by atoms with Crippen LogP contribution >= 0.6 is 0 Å². The van der Waals surface area contributed by atoms with Crippen molar-refractivity contribution in [1.29, 1.82) is 0 Å². The SMILES string of the molecule is Oc1ccc(/C=C2/CCNC2)cc1. The minimum absolute atomic E-state index is 0.326. The largest absolute Gasteiger partial charge is 0.508 e. The topological polar surface area (TPSA) is 32.3 Å². The molecular formula is C11H13NO. The fourth-order valence-electron chi connectivity index (χ4n) is 1.52. The Morgan fingerprint density at radius 2 is 2.00 bits per heavy atom. The second-order valence-corrected chi connectivity index (χ2v) is 3.32. The average Bonchev–Trinajstić information content (AvgIpc) is 2.62. The van der Waals surface area contributed by atoms with Crippen LogP contribution < -0.4 is 5.32 Å². The molecular weight excluding hydrogens is 162 g/mol. The molecule has 0 saturated carbocycles. The van der Waals surface area contributed by atoms with E-state index in [1.807, 2.05) is 12.1 Å². The van der Waals surface area contributed by atoms with Crippen LogP contribution in [0.25, 0.3) is 6.08 Å². The molecule has 1 aromatic rings.